The molecule has 0 aromatic carbocycles. The molecule has 10 heteroatoms. The van der Waals surface area contributed by atoms with Crippen LogP contribution in [0.15, 0.2) is 6.20 Å². The molecule has 9 nitrogen and oxygen atoms in total. The van der Waals surface area contributed by atoms with Crippen LogP contribution in [0.4, 0.5) is 0 Å². The van der Waals surface area contributed by atoms with Crippen LogP contribution < -0.4 is 5.32 Å². The second-order valence-corrected chi connectivity index (χ2v) is 6.61. The molecule has 1 aromatic rings. The van der Waals surface area contributed by atoms with Gasteiger partial charge in [0.25, 0.3) is 0 Å². The smallest absolute Gasteiger partial charge is 0.469 e. The summed E-state index contributed by atoms with van der Waals surface area (Å²) in [5, 5.41) is 22.2. The Hall–Kier alpha value is -1.51. The van der Waals surface area contributed by atoms with Crippen molar-refractivity contribution < 1.29 is 33.9 Å². The van der Waals surface area contributed by atoms with E-state index in [0.29, 0.717) is 17.7 Å². The van der Waals surface area contributed by atoms with E-state index in [1.807, 2.05) is 6.92 Å². The van der Waals surface area contributed by atoms with Crippen LogP contribution in [0, 0.1) is 6.92 Å². The maximum absolute atomic E-state index is 11.3. The van der Waals surface area contributed by atoms with Crippen molar-refractivity contribution in [1.82, 2.24) is 10.3 Å². The molecule has 0 aliphatic heterocycles. The Morgan fingerprint density at radius 1 is 1.46 bits per heavy atom. The molecular formula is C14H23N2O7P. The van der Waals surface area contributed by atoms with Gasteiger partial charge in [0.05, 0.1) is 12.3 Å². The quantitative estimate of drug-likeness (QED) is 0.390. The lowest BCUT2D eigenvalue weighted by Crippen LogP contribution is -2.36. The van der Waals surface area contributed by atoms with Crippen molar-refractivity contribution in [3.63, 3.8) is 0 Å². The highest BCUT2D eigenvalue weighted by atomic mass is 31.2. The largest absolute Gasteiger partial charge is 0.506 e. The molecule has 0 amide bonds. The predicted molar refractivity (Wildman–Crippen MR) is 85.3 cm³/mol. The van der Waals surface area contributed by atoms with E-state index in [-0.39, 0.29) is 17.9 Å². The number of hydrogen-bond donors (Lipinski definition) is 5. The van der Waals surface area contributed by atoms with Crippen molar-refractivity contribution in [2.24, 2.45) is 0 Å². The third-order valence-corrected chi connectivity index (χ3v) is 3.95. The van der Waals surface area contributed by atoms with Crippen molar-refractivity contribution in [3.05, 3.63) is 23.0 Å². The molecule has 1 heterocycles. The topological polar surface area (TPSA) is 149 Å². The zero-order chi connectivity index (χ0) is 18.3. The number of carbonyl (C=O) groups is 1. The van der Waals surface area contributed by atoms with Gasteiger partial charge in [0.15, 0.2) is 0 Å². The lowest BCUT2D eigenvalue weighted by atomic mass is 10.1. The van der Waals surface area contributed by atoms with Crippen molar-refractivity contribution in [2.45, 2.75) is 52.3 Å². The Kier molecular flexibility index (Phi) is 7.78. The number of phosphoric ester groups is 1. The molecule has 24 heavy (non-hydrogen) atoms. The highest BCUT2D eigenvalue weighted by molar-refractivity contribution is 7.46. The number of unbranched alkanes of at least 4 members (excludes halogenated alkanes) is 1. The summed E-state index contributed by atoms with van der Waals surface area (Å²) in [6.45, 7) is 3.08. The number of aryl methyl sites for hydroxylation is 1. The van der Waals surface area contributed by atoms with E-state index in [2.05, 4.69) is 14.8 Å². The van der Waals surface area contributed by atoms with Gasteiger partial charge in [-0.05, 0) is 13.3 Å². The fourth-order valence-electron chi connectivity index (χ4n) is 2.11. The zero-order valence-corrected chi connectivity index (χ0v) is 14.5. The summed E-state index contributed by atoms with van der Waals surface area (Å²) in [5.74, 6) is -1.16. The summed E-state index contributed by atoms with van der Waals surface area (Å²) in [6, 6.07) is -0.784. The van der Waals surface area contributed by atoms with Crippen LogP contribution in [0.5, 0.6) is 5.75 Å². The monoisotopic (exact) mass is 362 g/mol. The summed E-state index contributed by atoms with van der Waals surface area (Å²) in [6.07, 6.45) is 3.36. The zero-order valence-electron chi connectivity index (χ0n) is 13.6. The van der Waals surface area contributed by atoms with Crippen LogP contribution in [0.1, 0.15) is 43.0 Å². The molecule has 0 radical (unpaired) electrons. The van der Waals surface area contributed by atoms with E-state index >= 15 is 0 Å². The summed E-state index contributed by atoms with van der Waals surface area (Å²) in [5.41, 5.74) is 0.902. The lowest BCUT2D eigenvalue weighted by molar-refractivity contribution is -0.139. The normalized spacial score (nSPS) is 13.0. The van der Waals surface area contributed by atoms with E-state index < -0.39 is 26.4 Å². The third-order valence-electron chi connectivity index (χ3n) is 3.49. The number of aliphatic carboxylic acids is 1. The van der Waals surface area contributed by atoms with E-state index in [1.54, 1.807) is 6.92 Å². The number of pyridine rings is 1. The van der Waals surface area contributed by atoms with Crippen molar-refractivity contribution >= 4 is 13.8 Å². The van der Waals surface area contributed by atoms with E-state index in [1.165, 1.54) is 6.20 Å². The van der Waals surface area contributed by atoms with Crippen LogP contribution in [0.3, 0.4) is 0 Å². The van der Waals surface area contributed by atoms with Crippen LogP contribution >= 0.6 is 7.82 Å². The fourth-order valence-corrected chi connectivity index (χ4v) is 2.41. The first-order valence-electron chi connectivity index (χ1n) is 7.48. The van der Waals surface area contributed by atoms with Gasteiger partial charge >= 0.3 is 13.8 Å². The van der Waals surface area contributed by atoms with E-state index in [9.17, 15) is 19.6 Å². The molecule has 1 atom stereocenters. The highest BCUT2D eigenvalue weighted by Gasteiger charge is 2.21. The number of rotatable bonds is 10. The average molecular weight is 362 g/mol. The minimum atomic E-state index is -4.67. The van der Waals surface area contributed by atoms with Gasteiger partial charge in [0, 0.05) is 23.9 Å². The minimum Gasteiger partial charge on any atom is -0.506 e. The Morgan fingerprint density at radius 3 is 2.67 bits per heavy atom. The van der Waals surface area contributed by atoms with Gasteiger partial charge in [-0.3, -0.25) is 14.3 Å². The minimum absolute atomic E-state index is 0.00965. The Balaban J connectivity index is 2.93. The molecule has 0 saturated carbocycles. The van der Waals surface area contributed by atoms with Crippen LogP contribution in [0.2, 0.25) is 0 Å². The molecule has 5 N–H and O–H groups in total. The molecule has 1 unspecified atom stereocenters. The lowest BCUT2D eigenvalue weighted by Gasteiger charge is -2.17. The molecule has 136 valence electrons. The van der Waals surface area contributed by atoms with Crippen molar-refractivity contribution in [3.8, 4) is 5.75 Å². The number of hydrogen-bond acceptors (Lipinski definition) is 6. The number of aromatic nitrogens is 1. The van der Waals surface area contributed by atoms with Gasteiger partial charge < -0.3 is 25.3 Å². The van der Waals surface area contributed by atoms with Crippen LogP contribution in [-0.4, -0.2) is 37.0 Å². The standard InChI is InChI=1S/C14H23N2O7P/c1-3-4-5-12(14(18)19)16-7-11-10(8-23-24(20,21)22)6-15-9(2)13(11)17/h6,12,16-17H,3-5,7-8H2,1-2H3,(H,18,19)(H2,20,21,22). The Morgan fingerprint density at radius 2 is 2.12 bits per heavy atom. The first-order valence-corrected chi connectivity index (χ1v) is 9.01. The van der Waals surface area contributed by atoms with Gasteiger partial charge in [-0.1, -0.05) is 19.8 Å². The third kappa shape index (κ3) is 6.54. The van der Waals surface area contributed by atoms with Crippen LogP contribution in [0.25, 0.3) is 0 Å². The maximum atomic E-state index is 11.3. The molecule has 0 saturated heterocycles. The summed E-state index contributed by atoms with van der Waals surface area (Å²) in [4.78, 5) is 32.8. The Labute approximate surface area is 139 Å². The van der Waals surface area contributed by atoms with E-state index in [0.717, 1.165) is 12.8 Å². The van der Waals surface area contributed by atoms with E-state index in [4.69, 9.17) is 9.79 Å². The van der Waals surface area contributed by atoms with Gasteiger partial charge in [-0.15, -0.1) is 0 Å². The van der Waals surface area contributed by atoms with Crippen molar-refractivity contribution in [2.75, 3.05) is 0 Å². The van der Waals surface area contributed by atoms with Gasteiger partial charge in [0.1, 0.15) is 11.8 Å². The van der Waals surface area contributed by atoms with Gasteiger partial charge in [0.2, 0.25) is 0 Å². The van der Waals surface area contributed by atoms with Gasteiger partial charge in [-0.25, -0.2) is 4.57 Å². The van der Waals surface area contributed by atoms with Crippen LogP contribution in [-0.2, 0) is 27.0 Å². The maximum Gasteiger partial charge on any atom is 0.469 e. The summed E-state index contributed by atoms with van der Waals surface area (Å²) in [7, 11) is -4.67. The predicted octanol–water partition coefficient (Wildman–Crippen LogP) is 1.44. The van der Waals surface area contributed by atoms with Crippen molar-refractivity contribution in [1.29, 1.82) is 0 Å². The number of nitrogens with zero attached hydrogens (tertiary/aromatic N) is 1. The number of nitrogens with one attached hydrogen (secondary N) is 1. The number of carboxylic acid groups (broad SMARTS) is 1. The number of carboxylic acids is 1. The fraction of sp³-hybridized carbons (Fsp3) is 0.571. The first-order chi connectivity index (χ1) is 11.2. The second kappa shape index (κ2) is 9.10. The molecule has 1 rings (SSSR count). The molecule has 0 aliphatic carbocycles. The molecular weight excluding hydrogens is 339 g/mol. The molecule has 0 fully saturated rings. The average Bonchev–Trinajstić information content (AvgIpc) is 2.48. The summed E-state index contributed by atoms with van der Waals surface area (Å²) >= 11 is 0. The number of aromatic hydroxyl groups is 1. The first kappa shape index (κ1) is 20.5. The summed E-state index contributed by atoms with van der Waals surface area (Å²) < 4.78 is 15.3. The molecule has 1 aromatic heterocycles. The highest BCUT2D eigenvalue weighted by Crippen LogP contribution is 2.38. The number of phosphoric acid groups is 1. The van der Waals surface area contributed by atoms with Gasteiger partial charge in [-0.2, -0.15) is 0 Å². The molecule has 0 aliphatic rings. The molecule has 0 spiro atoms. The Bertz CT molecular complexity index is 617. The SMILES string of the molecule is CCCCC(NCc1c(COP(=O)(O)O)cnc(C)c1O)C(=O)O. The second-order valence-electron chi connectivity index (χ2n) is 5.37. The molecule has 0 bridgehead atoms.